The third kappa shape index (κ3) is 1.85. The van der Waals surface area contributed by atoms with E-state index in [1.54, 1.807) is 4.68 Å². The second kappa shape index (κ2) is 4.29. The van der Waals surface area contributed by atoms with Crippen molar-refractivity contribution in [3.63, 3.8) is 0 Å². The van der Waals surface area contributed by atoms with E-state index in [9.17, 15) is 4.79 Å². The zero-order chi connectivity index (χ0) is 11.7. The van der Waals surface area contributed by atoms with Crippen molar-refractivity contribution in [3.8, 4) is 5.69 Å². The molecule has 0 bridgehead atoms. The topological polar surface area (TPSA) is 37.8 Å². The van der Waals surface area contributed by atoms with Crippen LogP contribution in [-0.4, -0.2) is 9.78 Å². The number of aromatic amines is 1. The van der Waals surface area contributed by atoms with Crippen molar-refractivity contribution in [2.24, 2.45) is 0 Å². The summed E-state index contributed by atoms with van der Waals surface area (Å²) in [7, 11) is 0. The second-order valence-electron chi connectivity index (χ2n) is 3.73. The monoisotopic (exact) mass is 280 g/mol. The van der Waals surface area contributed by atoms with Crippen LogP contribution in [0.3, 0.4) is 0 Å². The molecule has 3 nitrogen and oxygen atoms in total. The Morgan fingerprint density at radius 1 is 1.31 bits per heavy atom. The lowest BCUT2D eigenvalue weighted by Crippen LogP contribution is -2.14. The van der Waals surface area contributed by atoms with E-state index in [2.05, 4.69) is 21.0 Å². The Hall–Kier alpha value is -1.29. The molecule has 0 fully saturated rings. The number of halogens is 1. The number of nitrogens with one attached hydrogen (secondary N) is 1. The molecule has 1 aromatic heterocycles. The molecule has 0 radical (unpaired) electrons. The number of hydrogen-bond donors (Lipinski definition) is 1. The molecule has 0 aliphatic heterocycles. The lowest BCUT2D eigenvalue weighted by atomic mass is 10.2. The molecule has 0 aliphatic carbocycles. The Bertz CT molecular complexity index is 551. The number of rotatable bonds is 2. The maximum absolute atomic E-state index is 11.9. The first-order valence-corrected chi connectivity index (χ1v) is 5.99. The minimum absolute atomic E-state index is 0.0410. The highest BCUT2D eigenvalue weighted by Gasteiger charge is 2.10. The Labute approximate surface area is 102 Å². The number of benzene rings is 1. The SMILES string of the molecule is CCc1[nH]n(-c2ccc(C)cc2)c(=O)c1Br. The molecule has 4 heteroatoms. The first-order chi connectivity index (χ1) is 7.63. The van der Waals surface area contributed by atoms with Crippen LogP contribution < -0.4 is 5.56 Å². The maximum atomic E-state index is 11.9. The predicted molar refractivity (Wildman–Crippen MR) is 68.2 cm³/mol. The summed E-state index contributed by atoms with van der Waals surface area (Å²) in [4.78, 5) is 11.9. The molecule has 0 saturated heterocycles. The van der Waals surface area contributed by atoms with Gasteiger partial charge in [0.1, 0.15) is 4.47 Å². The average molecular weight is 281 g/mol. The molecule has 2 rings (SSSR count). The van der Waals surface area contributed by atoms with Crippen LogP contribution in [0.1, 0.15) is 18.2 Å². The zero-order valence-corrected chi connectivity index (χ0v) is 10.8. The van der Waals surface area contributed by atoms with Gasteiger partial charge >= 0.3 is 0 Å². The highest BCUT2D eigenvalue weighted by molar-refractivity contribution is 9.10. The average Bonchev–Trinajstić information content (AvgIpc) is 2.57. The van der Waals surface area contributed by atoms with Crippen molar-refractivity contribution in [2.45, 2.75) is 20.3 Å². The fourth-order valence-electron chi connectivity index (χ4n) is 1.57. The van der Waals surface area contributed by atoms with Crippen LogP contribution in [0.25, 0.3) is 5.69 Å². The van der Waals surface area contributed by atoms with E-state index < -0.39 is 0 Å². The van der Waals surface area contributed by atoms with E-state index in [-0.39, 0.29) is 5.56 Å². The number of hydrogen-bond acceptors (Lipinski definition) is 1. The predicted octanol–water partition coefficient (Wildman–Crippen LogP) is 2.80. The van der Waals surface area contributed by atoms with E-state index in [0.29, 0.717) is 4.47 Å². The molecule has 84 valence electrons. The lowest BCUT2D eigenvalue weighted by Gasteiger charge is -2.01. The number of H-pyrrole nitrogens is 1. The smallest absolute Gasteiger partial charge is 0.285 e. The normalized spacial score (nSPS) is 10.7. The summed E-state index contributed by atoms with van der Waals surface area (Å²) in [6.45, 7) is 4.03. The van der Waals surface area contributed by atoms with Gasteiger partial charge in [0, 0.05) is 0 Å². The standard InChI is InChI=1S/C12H13BrN2O/c1-3-10-11(13)12(16)15(14-10)9-6-4-8(2)5-7-9/h4-7,14H,3H2,1-2H3. The Morgan fingerprint density at radius 2 is 1.94 bits per heavy atom. The lowest BCUT2D eigenvalue weighted by molar-refractivity contribution is 0.819. The first-order valence-electron chi connectivity index (χ1n) is 5.20. The molecular weight excluding hydrogens is 268 g/mol. The molecule has 1 heterocycles. The van der Waals surface area contributed by atoms with E-state index in [1.165, 1.54) is 5.56 Å². The summed E-state index contributed by atoms with van der Waals surface area (Å²) < 4.78 is 2.18. The van der Waals surface area contributed by atoms with Crippen LogP contribution in [0.5, 0.6) is 0 Å². The van der Waals surface area contributed by atoms with Crippen LogP contribution >= 0.6 is 15.9 Å². The molecule has 0 saturated carbocycles. The van der Waals surface area contributed by atoms with Gasteiger partial charge in [0.2, 0.25) is 0 Å². The van der Waals surface area contributed by atoms with Crippen LogP contribution in [-0.2, 0) is 6.42 Å². The van der Waals surface area contributed by atoms with Gasteiger partial charge in [-0.3, -0.25) is 9.89 Å². The molecule has 0 atom stereocenters. The fraction of sp³-hybridized carbons (Fsp3) is 0.250. The Kier molecular flexibility index (Phi) is 3.01. The van der Waals surface area contributed by atoms with Crippen LogP contribution in [0.4, 0.5) is 0 Å². The quantitative estimate of drug-likeness (QED) is 0.903. The number of nitrogens with zero attached hydrogens (tertiary/aromatic N) is 1. The van der Waals surface area contributed by atoms with Gasteiger partial charge in [-0.05, 0) is 41.4 Å². The Balaban J connectivity index is 2.56. The van der Waals surface area contributed by atoms with Gasteiger partial charge in [0.05, 0.1) is 11.4 Å². The van der Waals surface area contributed by atoms with Crippen molar-refractivity contribution in [1.29, 1.82) is 0 Å². The van der Waals surface area contributed by atoms with Gasteiger partial charge in [0.15, 0.2) is 0 Å². The minimum Gasteiger partial charge on any atom is -0.294 e. The van der Waals surface area contributed by atoms with Gasteiger partial charge in [-0.1, -0.05) is 24.6 Å². The molecule has 16 heavy (non-hydrogen) atoms. The summed E-state index contributed by atoms with van der Waals surface area (Å²) in [6, 6.07) is 7.84. The van der Waals surface area contributed by atoms with Gasteiger partial charge in [-0.25, -0.2) is 4.68 Å². The number of aromatic nitrogens is 2. The van der Waals surface area contributed by atoms with Gasteiger partial charge in [0.25, 0.3) is 5.56 Å². The summed E-state index contributed by atoms with van der Waals surface area (Å²) in [6.07, 6.45) is 0.800. The third-order valence-electron chi connectivity index (χ3n) is 2.55. The van der Waals surface area contributed by atoms with E-state index >= 15 is 0 Å². The Morgan fingerprint density at radius 3 is 2.44 bits per heavy atom. The molecule has 0 unspecified atom stereocenters. The molecule has 1 N–H and O–H groups in total. The summed E-state index contributed by atoms with van der Waals surface area (Å²) in [5.74, 6) is 0. The van der Waals surface area contributed by atoms with Gasteiger partial charge in [-0.2, -0.15) is 0 Å². The van der Waals surface area contributed by atoms with Crippen molar-refractivity contribution in [2.75, 3.05) is 0 Å². The van der Waals surface area contributed by atoms with Crippen molar-refractivity contribution < 1.29 is 0 Å². The van der Waals surface area contributed by atoms with Crippen LogP contribution in [0, 0.1) is 6.92 Å². The summed E-state index contributed by atoms with van der Waals surface area (Å²) in [5.41, 5.74) is 2.92. The second-order valence-corrected chi connectivity index (χ2v) is 4.53. The third-order valence-corrected chi connectivity index (χ3v) is 3.37. The molecule has 0 spiro atoms. The molecule has 1 aromatic carbocycles. The van der Waals surface area contributed by atoms with Crippen LogP contribution in [0.2, 0.25) is 0 Å². The molecule has 0 amide bonds. The van der Waals surface area contributed by atoms with E-state index in [4.69, 9.17) is 0 Å². The minimum atomic E-state index is -0.0410. The molecular formula is C12H13BrN2O. The highest BCUT2D eigenvalue weighted by atomic mass is 79.9. The summed E-state index contributed by atoms with van der Waals surface area (Å²) >= 11 is 3.31. The van der Waals surface area contributed by atoms with Crippen molar-refractivity contribution >= 4 is 15.9 Å². The highest BCUT2D eigenvalue weighted by Crippen LogP contribution is 2.13. The molecule has 0 aliphatic rings. The van der Waals surface area contributed by atoms with E-state index in [0.717, 1.165) is 17.8 Å². The first kappa shape index (κ1) is 11.2. The van der Waals surface area contributed by atoms with E-state index in [1.807, 2.05) is 38.1 Å². The van der Waals surface area contributed by atoms with Crippen LogP contribution in [0.15, 0.2) is 33.5 Å². The molecule has 2 aromatic rings. The van der Waals surface area contributed by atoms with Crippen molar-refractivity contribution in [3.05, 3.63) is 50.3 Å². The van der Waals surface area contributed by atoms with Gasteiger partial charge in [-0.15, -0.1) is 0 Å². The van der Waals surface area contributed by atoms with Gasteiger partial charge < -0.3 is 0 Å². The largest absolute Gasteiger partial charge is 0.294 e. The zero-order valence-electron chi connectivity index (χ0n) is 9.25. The van der Waals surface area contributed by atoms with Crippen molar-refractivity contribution in [1.82, 2.24) is 9.78 Å². The number of aryl methyl sites for hydroxylation is 2. The summed E-state index contributed by atoms with van der Waals surface area (Å²) in [5, 5.41) is 3.09. The maximum Gasteiger partial charge on any atom is 0.285 e. The fourth-order valence-corrected chi connectivity index (χ4v) is 2.12.